The first kappa shape index (κ1) is 20.9. The molecule has 4 N–H and O–H groups in total. The van der Waals surface area contributed by atoms with Gasteiger partial charge in [0, 0.05) is 21.1 Å². The van der Waals surface area contributed by atoms with Gasteiger partial charge in [-0.15, -0.1) is 10.2 Å². The van der Waals surface area contributed by atoms with Gasteiger partial charge in [0.15, 0.2) is 5.82 Å². The van der Waals surface area contributed by atoms with Crippen molar-refractivity contribution in [3.05, 3.63) is 48.8 Å². The first-order chi connectivity index (χ1) is 11.1. The molecule has 1 fully saturated rings. The topological polar surface area (TPSA) is 110 Å². The number of likely N-dealkylation sites (tertiary alicyclic amines) is 1. The van der Waals surface area contributed by atoms with Crippen molar-refractivity contribution in [2.75, 3.05) is 19.8 Å². The van der Waals surface area contributed by atoms with E-state index in [-0.39, 0.29) is 33.2 Å². The van der Waals surface area contributed by atoms with Crippen LogP contribution in [-0.2, 0) is 26.5 Å². The predicted octanol–water partition coefficient (Wildman–Crippen LogP) is 0.532. The SMILES string of the molecule is OCNO.[CH2-]N1CCC(c2ccccc2)(c2nn[nH]n2)C(C)C1.[W]. The third kappa shape index (κ3) is 4.46. The number of benzene rings is 1. The van der Waals surface area contributed by atoms with Crippen molar-refractivity contribution in [3.8, 4) is 0 Å². The van der Waals surface area contributed by atoms with Crippen LogP contribution < -0.4 is 5.48 Å². The van der Waals surface area contributed by atoms with Crippen molar-refractivity contribution in [1.29, 1.82) is 0 Å². The van der Waals surface area contributed by atoms with Crippen LogP contribution in [0.3, 0.4) is 0 Å². The standard InChI is InChI=1S/C14H18N5.CH5NO2.W/c1-11-10-19(2)9-8-14(11,13-15-17-18-16-13)12-6-4-3-5-7-12;3-1-2-4;/h3-7,11H,2,8-10H2,1H3,(H,15,16,17,18);2-4H,1H2;/q-1;;. The number of tetrazole rings is 1. The van der Waals surface area contributed by atoms with Crippen LogP contribution in [0.15, 0.2) is 30.3 Å². The maximum absolute atomic E-state index is 7.51. The molecular weight excluding hydrogens is 480 g/mol. The summed E-state index contributed by atoms with van der Waals surface area (Å²) in [5, 5.41) is 29.8. The number of H-pyrrole nitrogens is 1. The number of hydroxylamine groups is 1. The fourth-order valence-corrected chi connectivity index (χ4v) is 3.19. The second-order valence-electron chi connectivity index (χ2n) is 5.62. The molecule has 0 bridgehead atoms. The molecule has 1 aliphatic heterocycles. The average molecular weight is 503 g/mol. The minimum absolute atomic E-state index is 0. The Morgan fingerprint density at radius 2 is 2.08 bits per heavy atom. The van der Waals surface area contributed by atoms with Crippen molar-refractivity contribution < 1.29 is 31.4 Å². The van der Waals surface area contributed by atoms with Crippen LogP contribution in [0.5, 0.6) is 0 Å². The van der Waals surface area contributed by atoms with E-state index in [4.69, 9.17) is 10.3 Å². The van der Waals surface area contributed by atoms with Gasteiger partial charge in [-0.2, -0.15) is 10.7 Å². The number of rotatable bonds is 3. The number of aliphatic hydroxyl groups excluding tert-OH is 1. The van der Waals surface area contributed by atoms with Gasteiger partial charge >= 0.3 is 0 Å². The summed E-state index contributed by atoms with van der Waals surface area (Å²) in [7, 11) is 4.06. The maximum Gasteiger partial charge on any atom is 0.185 e. The van der Waals surface area contributed by atoms with E-state index in [1.165, 1.54) is 11.0 Å². The number of aromatic nitrogens is 4. The molecule has 2 unspecified atom stereocenters. The van der Waals surface area contributed by atoms with Gasteiger partial charge in [-0.25, -0.2) is 0 Å². The summed E-state index contributed by atoms with van der Waals surface area (Å²) in [5.41, 5.74) is 2.58. The van der Waals surface area contributed by atoms with E-state index in [9.17, 15) is 0 Å². The van der Waals surface area contributed by atoms with Gasteiger partial charge in [-0.3, -0.25) is 7.05 Å². The number of nitrogens with zero attached hydrogens (tertiary/aromatic N) is 4. The van der Waals surface area contributed by atoms with Gasteiger partial charge in [0.05, 0.1) is 5.41 Å². The molecule has 1 saturated heterocycles. The molecule has 2 atom stereocenters. The van der Waals surface area contributed by atoms with Gasteiger partial charge < -0.3 is 15.2 Å². The summed E-state index contributed by atoms with van der Waals surface area (Å²) in [6.45, 7) is 3.73. The van der Waals surface area contributed by atoms with Crippen molar-refractivity contribution >= 4 is 0 Å². The Kier molecular flexibility index (Phi) is 8.65. The molecule has 2 heterocycles. The molecule has 0 radical (unpaired) electrons. The molecule has 1 aromatic carbocycles. The fourth-order valence-electron chi connectivity index (χ4n) is 3.19. The summed E-state index contributed by atoms with van der Waals surface area (Å²) < 4.78 is 0. The largest absolute Gasteiger partial charge is 0.459 e. The zero-order valence-electron chi connectivity index (χ0n) is 13.6. The normalized spacial score (nSPS) is 23.8. The minimum atomic E-state index is -0.375. The van der Waals surface area contributed by atoms with Crippen LogP contribution in [0.4, 0.5) is 0 Å². The number of aliphatic hydroxyl groups is 1. The Morgan fingerprint density at radius 1 is 1.42 bits per heavy atom. The van der Waals surface area contributed by atoms with Gasteiger partial charge in [0.25, 0.3) is 0 Å². The molecule has 8 nitrogen and oxygen atoms in total. The molecule has 0 aliphatic carbocycles. The van der Waals surface area contributed by atoms with Crippen LogP contribution in [0.2, 0.25) is 0 Å². The molecule has 132 valence electrons. The first-order valence-corrected chi connectivity index (χ1v) is 7.48. The molecule has 24 heavy (non-hydrogen) atoms. The number of nitrogens with one attached hydrogen (secondary N) is 2. The summed E-state index contributed by atoms with van der Waals surface area (Å²) in [5.74, 6) is 1.18. The molecule has 1 aliphatic rings. The van der Waals surface area contributed by atoms with E-state index in [1.54, 1.807) is 0 Å². The number of hydrogen-bond acceptors (Lipinski definition) is 7. The summed E-state index contributed by atoms with van der Waals surface area (Å²) in [6, 6.07) is 10.5. The van der Waals surface area contributed by atoms with Crippen molar-refractivity contribution in [2.24, 2.45) is 5.92 Å². The molecule has 2 aromatic rings. The molecule has 1 aromatic heterocycles. The molecule has 0 amide bonds. The van der Waals surface area contributed by atoms with E-state index in [1.807, 2.05) is 6.07 Å². The molecule has 0 saturated carbocycles. The number of hydrogen-bond donors (Lipinski definition) is 4. The number of piperidine rings is 1. The van der Waals surface area contributed by atoms with Crippen LogP contribution in [0.25, 0.3) is 0 Å². The number of aromatic amines is 1. The quantitative estimate of drug-likeness (QED) is 0.275. The Hall–Kier alpha value is -1.18. The zero-order valence-corrected chi connectivity index (χ0v) is 16.5. The second kappa shape index (κ2) is 9.96. The minimum Gasteiger partial charge on any atom is -0.459 e. The van der Waals surface area contributed by atoms with E-state index in [2.05, 4.69) is 63.8 Å². The van der Waals surface area contributed by atoms with Crippen LogP contribution in [-0.4, -0.2) is 55.7 Å². The summed E-state index contributed by atoms with van der Waals surface area (Å²) in [4.78, 5) is 2.12. The Balaban J connectivity index is 0.000000522. The Morgan fingerprint density at radius 3 is 2.58 bits per heavy atom. The second-order valence-corrected chi connectivity index (χ2v) is 5.62. The maximum atomic E-state index is 7.51. The molecule has 3 rings (SSSR count). The first-order valence-electron chi connectivity index (χ1n) is 7.48. The summed E-state index contributed by atoms with van der Waals surface area (Å²) >= 11 is 0. The van der Waals surface area contributed by atoms with Crippen molar-refractivity contribution in [2.45, 2.75) is 18.8 Å². The Labute approximate surface area is 155 Å². The van der Waals surface area contributed by atoms with Gasteiger partial charge in [0.2, 0.25) is 0 Å². The molecular formula is C15H23N6O2W-. The van der Waals surface area contributed by atoms with Crippen molar-refractivity contribution in [1.82, 2.24) is 31.0 Å². The van der Waals surface area contributed by atoms with E-state index < -0.39 is 0 Å². The zero-order chi connectivity index (χ0) is 16.7. The van der Waals surface area contributed by atoms with Crippen LogP contribution in [0, 0.1) is 13.0 Å². The third-order valence-electron chi connectivity index (χ3n) is 4.30. The van der Waals surface area contributed by atoms with Crippen LogP contribution >= 0.6 is 0 Å². The van der Waals surface area contributed by atoms with Crippen LogP contribution in [0.1, 0.15) is 24.7 Å². The monoisotopic (exact) mass is 503 g/mol. The fraction of sp³-hybridized carbons (Fsp3) is 0.467. The van der Waals surface area contributed by atoms with E-state index in [0.29, 0.717) is 5.92 Å². The summed E-state index contributed by atoms with van der Waals surface area (Å²) in [6.07, 6.45) is 0.960. The van der Waals surface area contributed by atoms with Gasteiger partial charge in [0.1, 0.15) is 6.73 Å². The third-order valence-corrected chi connectivity index (χ3v) is 4.30. The molecule has 0 spiro atoms. The van der Waals surface area contributed by atoms with Gasteiger partial charge in [-0.05, 0) is 31.0 Å². The molecule has 9 heteroatoms. The van der Waals surface area contributed by atoms with Gasteiger partial charge in [-0.1, -0.05) is 42.5 Å². The Bertz CT molecular complexity index is 569. The smallest absolute Gasteiger partial charge is 0.185 e. The van der Waals surface area contributed by atoms with E-state index in [0.717, 1.165) is 25.3 Å². The van der Waals surface area contributed by atoms with E-state index >= 15 is 0 Å². The average Bonchev–Trinajstić information content (AvgIpc) is 3.11. The predicted molar refractivity (Wildman–Crippen MR) is 84.1 cm³/mol. The van der Waals surface area contributed by atoms with Crippen molar-refractivity contribution in [3.63, 3.8) is 0 Å².